The zero-order valence-electron chi connectivity index (χ0n) is 17.5. The third-order valence-corrected chi connectivity index (χ3v) is 4.58. The van der Waals surface area contributed by atoms with Crippen LogP contribution in [0.1, 0.15) is 17.3 Å². The SMILES string of the molecule is COc1ncc(-c2ccn3nc(NC(=O)NCCc4nc(C)no4)cc3c2)cc1C(F)(F)F. The van der Waals surface area contributed by atoms with Crippen molar-refractivity contribution in [3.63, 3.8) is 0 Å². The van der Waals surface area contributed by atoms with Crippen LogP contribution in [-0.4, -0.2) is 44.4 Å². The molecule has 33 heavy (non-hydrogen) atoms. The number of carbonyl (C=O) groups is 1. The molecule has 0 unspecified atom stereocenters. The van der Waals surface area contributed by atoms with Crippen LogP contribution in [0.2, 0.25) is 0 Å². The van der Waals surface area contributed by atoms with Crippen LogP contribution in [0.5, 0.6) is 5.88 Å². The third kappa shape index (κ3) is 5.02. The number of nitrogens with zero attached hydrogens (tertiary/aromatic N) is 5. The molecule has 4 aromatic heterocycles. The highest BCUT2D eigenvalue weighted by atomic mass is 19.4. The van der Waals surface area contributed by atoms with Crippen LogP contribution < -0.4 is 15.4 Å². The van der Waals surface area contributed by atoms with Crippen LogP contribution >= 0.6 is 0 Å². The molecule has 4 heterocycles. The number of fused-ring (bicyclic) bond motifs is 1. The highest BCUT2D eigenvalue weighted by molar-refractivity contribution is 5.89. The van der Waals surface area contributed by atoms with Crippen molar-refractivity contribution in [3.05, 3.63) is 53.9 Å². The highest BCUT2D eigenvalue weighted by Gasteiger charge is 2.35. The van der Waals surface area contributed by atoms with Gasteiger partial charge in [0.1, 0.15) is 5.56 Å². The number of alkyl halides is 3. The number of carbonyl (C=O) groups excluding carboxylic acids is 1. The molecule has 0 saturated carbocycles. The van der Waals surface area contributed by atoms with Gasteiger partial charge in [0.2, 0.25) is 11.8 Å². The van der Waals surface area contributed by atoms with Gasteiger partial charge in [-0.2, -0.15) is 18.2 Å². The zero-order valence-corrected chi connectivity index (χ0v) is 17.5. The first-order valence-electron chi connectivity index (χ1n) is 9.68. The maximum Gasteiger partial charge on any atom is 0.421 e. The minimum Gasteiger partial charge on any atom is -0.481 e. The average Bonchev–Trinajstić information content (AvgIpc) is 3.37. The van der Waals surface area contributed by atoms with E-state index in [0.29, 0.717) is 29.2 Å². The van der Waals surface area contributed by atoms with E-state index in [2.05, 4.69) is 30.9 Å². The fourth-order valence-electron chi connectivity index (χ4n) is 3.10. The number of amides is 2. The summed E-state index contributed by atoms with van der Waals surface area (Å²) in [6, 6.07) is 5.32. The van der Waals surface area contributed by atoms with Crippen molar-refractivity contribution in [3.8, 4) is 17.0 Å². The molecule has 0 aromatic carbocycles. The van der Waals surface area contributed by atoms with E-state index < -0.39 is 23.7 Å². The fourth-order valence-corrected chi connectivity index (χ4v) is 3.10. The van der Waals surface area contributed by atoms with E-state index >= 15 is 0 Å². The van der Waals surface area contributed by atoms with Crippen molar-refractivity contribution >= 4 is 17.4 Å². The van der Waals surface area contributed by atoms with Gasteiger partial charge in [-0.25, -0.2) is 14.3 Å². The standard InChI is InChI=1S/C20H18F3N7O3/c1-11-26-17(33-29-11)3-5-24-19(31)27-16-9-14-7-12(4-6-30(14)28-16)13-8-15(20(21,22)23)18(32-2)25-10-13/h4,6-10H,3,5H2,1-2H3,(H2,24,27,28,31). The quantitative estimate of drug-likeness (QED) is 0.451. The number of hydrogen-bond donors (Lipinski definition) is 2. The number of ether oxygens (including phenoxy) is 1. The molecule has 0 bridgehead atoms. The van der Waals surface area contributed by atoms with Gasteiger partial charge < -0.3 is 14.6 Å². The van der Waals surface area contributed by atoms with Crippen molar-refractivity contribution in [1.82, 2.24) is 30.1 Å². The van der Waals surface area contributed by atoms with Crippen LogP contribution in [-0.2, 0) is 12.6 Å². The molecule has 0 spiro atoms. The van der Waals surface area contributed by atoms with Crippen molar-refractivity contribution in [2.75, 3.05) is 19.0 Å². The van der Waals surface area contributed by atoms with Crippen molar-refractivity contribution in [2.45, 2.75) is 19.5 Å². The Bertz CT molecular complexity index is 1300. The number of halogens is 3. The molecular formula is C20H18F3N7O3. The smallest absolute Gasteiger partial charge is 0.421 e. The lowest BCUT2D eigenvalue weighted by Crippen LogP contribution is -2.30. The Morgan fingerprint density at radius 1 is 1.24 bits per heavy atom. The molecule has 2 amide bonds. The molecule has 0 fully saturated rings. The molecule has 13 heteroatoms. The molecule has 4 rings (SSSR count). The van der Waals surface area contributed by atoms with E-state index in [0.717, 1.165) is 13.2 Å². The number of pyridine rings is 2. The molecule has 0 saturated heterocycles. The second kappa shape index (κ2) is 8.76. The number of nitrogens with one attached hydrogen (secondary N) is 2. The normalized spacial score (nSPS) is 11.5. The Hall–Kier alpha value is -4.16. The van der Waals surface area contributed by atoms with Gasteiger partial charge in [-0.1, -0.05) is 5.16 Å². The maximum absolute atomic E-state index is 13.3. The second-order valence-corrected chi connectivity index (χ2v) is 6.96. The third-order valence-electron chi connectivity index (χ3n) is 4.58. The summed E-state index contributed by atoms with van der Waals surface area (Å²) >= 11 is 0. The van der Waals surface area contributed by atoms with Gasteiger partial charge in [-0.15, -0.1) is 5.10 Å². The number of methoxy groups -OCH3 is 1. The molecule has 0 aliphatic rings. The summed E-state index contributed by atoms with van der Waals surface area (Å²) < 4.78 is 51.1. The maximum atomic E-state index is 13.3. The summed E-state index contributed by atoms with van der Waals surface area (Å²) in [7, 11) is 1.13. The van der Waals surface area contributed by atoms with E-state index in [-0.39, 0.29) is 17.9 Å². The van der Waals surface area contributed by atoms with E-state index in [1.807, 2.05) is 0 Å². The van der Waals surface area contributed by atoms with Gasteiger partial charge in [0.25, 0.3) is 0 Å². The summed E-state index contributed by atoms with van der Waals surface area (Å²) in [5, 5.41) is 13.1. The minimum absolute atomic E-state index is 0.260. The van der Waals surface area contributed by atoms with Gasteiger partial charge in [-0.05, 0) is 30.7 Å². The number of aryl methyl sites for hydroxylation is 1. The first-order chi connectivity index (χ1) is 15.7. The van der Waals surface area contributed by atoms with Crippen LogP contribution in [0.15, 0.2) is 41.2 Å². The molecule has 0 radical (unpaired) electrons. The van der Waals surface area contributed by atoms with Crippen LogP contribution in [0.4, 0.5) is 23.8 Å². The number of urea groups is 1. The molecule has 0 aliphatic carbocycles. The lowest BCUT2D eigenvalue weighted by atomic mass is 10.1. The molecule has 10 nitrogen and oxygen atoms in total. The fraction of sp³-hybridized carbons (Fsp3) is 0.250. The lowest BCUT2D eigenvalue weighted by Gasteiger charge is -2.12. The van der Waals surface area contributed by atoms with E-state index in [4.69, 9.17) is 9.26 Å². The number of aromatic nitrogens is 5. The summed E-state index contributed by atoms with van der Waals surface area (Å²) in [5.41, 5.74) is 0.350. The van der Waals surface area contributed by atoms with Crippen molar-refractivity contribution in [1.29, 1.82) is 0 Å². The minimum atomic E-state index is -4.61. The Kier molecular flexibility index (Phi) is 5.85. The number of hydrogen-bond acceptors (Lipinski definition) is 7. The Labute approximate surface area is 184 Å². The molecule has 4 aromatic rings. The van der Waals surface area contributed by atoms with Crippen LogP contribution in [0.25, 0.3) is 16.6 Å². The predicted molar refractivity (Wildman–Crippen MR) is 110 cm³/mol. The van der Waals surface area contributed by atoms with Gasteiger partial charge in [-0.3, -0.25) is 5.32 Å². The van der Waals surface area contributed by atoms with Crippen LogP contribution in [0, 0.1) is 6.92 Å². The second-order valence-electron chi connectivity index (χ2n) is 6.96. The molecular weight excluding hydrogens is 443 g/mol. The molecule has 0 atom stereocenters. The molecule has 2 N–H and O–H groups in total. The summed E-state index contributed by atoms with van der Waals surface area (Å²) in [6.07, 6.45) is -1.36. The van der Waals surface area contributed by atoms with E-state index in [9.17, 15) is 18.0 Å². The molecule has 0 aliphatic heterocycles. The highest BCUT2D eigenvalue weighted by Crippen LogP contribution is 2.37. The number of anilines is 1. The largest absolute Gasteiger partial charge is 0.481 e. The van der Waals surface area contributed by atoms with Gasteiger partial charge in [0.05, 0.1) is 12.6 Å². The zero-order chi connectivity index (χ0) is 23.6. The van der Waals surface area contributed by atoms with Crippen LogP contribution in [0.3, 0.4) is 0 Å². The summed E-state index contributed by atoms with van der Waals surface area (Å²) in [4.78, 5) is 19.9. The Morgan fingerprint density at radius 2 is 2.06 bits per heavy atom. The summed E-state index contributed by atoms with van der Waals surface area (Å²) in [5.74, 6) is 0.693. The van der Waals surface area contributed by atoms with Gasteiger partial charge in [0, 0.05) is 37.0 Å². The number of rotatable bonds is 6. The van der Waals surface area contributed by atoms with E-state index in [1.54, 1.807) is 31.3 Å². The topological polar surface area (TPSA) is 119 Å². The predicted octanol–water partition coefficient (Wildman–Crippen LogP) is 3.48. The Morgan fingerprint density at radius 3 is 2.76 bits per heavy atom. The first kappa shape index (κ1) is 22.0. The summed E-state index contributed by atoms with van der Waals surface area (Å²) in [6.45, 7) is 1.97. The van der Waals surface area contributed by atoms with Gasteiger partial charge >= 0.3 is 12.2 Å². The van der Waals surface area contributed by atoms with Crippen molar-refractivity contribution in [2.24, 2.45) is 0 Å². The molecule has 172 valence electrons. The monoisotopic (exact) mass is 461 g/mol. The lowest BCUT2D eigenvalue weighted by molar-refractivity contribution is -0.139. The van der Waals surface area contributed by atoms with E-state index in [1.165, 1.54) is 10.7 Å². The average molecular weight is 461 g/mol. The van der Waals surface area contributed by atoms with Gasteiger partial charge in [0.15, 0.2) is 11.6 Å². The Balaban J connectivity index is 1.47. The van der Waals surface area contributed by atoms with Crippen molar-refractivity contribution < 1.29 is 27.2 Å². The first-order valence-corrected chi connectivity index (χ1v) is 9.68.